The van der Waals surface area contributed by atoms with E-state index in [1.165, 1.54) is 25.7 Å². The van der Waals surface area contributed by atoms with E-state index in [0.29, 0.717) is 6.79 Å². The van der Waals surface area contributed by atoms with Gasteiger partial charge in [-0.25, -0.2) is 0 Å². The summed E-state index contributed by atoms with van der Waals surface area (Å²) in [5.41, 5.74) is 0. The molecule has 0 radical (unpaired) electrons. The third-order valence-corrected chi connectivity index (χ3v) is 1.55. The van der Waals surface area contributed by atoms with E-state index in [-0.39, 0.29) is 18.9 Å². The average molecular weight is 240 g/mol. The van der Waals surface area contributed by atoms with Crippen LogP contribution >= 0.6 is 0 Å². The molecule has 0 aliphatic rings. The van der Waals surface area contributed by atoms with Crippen LogP contribution in [0.4, 0.5) is 0 Å². The van der Waals surface area contributed by atoms with Gasteiger partial charge in [-0.05, 0) is 6.42 Å². The van der Waals surface area contributed by atoms with Gasteiger partial charge in [0.1, 0.15) is 6.79 Å². The van der Waals surface area contributed by atoms with Crippen LogP contribution in [0.2, 0.25) is 0 Å². The molecule has 0 saturated carbocycles. The van der Waals surface area contributed by atoms with Gasteiger partial charge in [0.2, 0.25) is 0 Å². The number of hydrogen-bond donors (Lipinski definition) is 0. The van der Waals surface area contributed by atoms with Crippen LogP contribution in [-0.4, -0.2) is 20.5 Å². The summed E-state index contributed by atoms with van der Waals surface area (Å²) in [5, 5.41) is 0. The molecule has 0 aliphatic heterocycles. The first-order chi connectivity index (χ1) is 7.74. The Labute approximate surface area is 122 Å². The fourth-order valence-electron chi connectivity index (χ4n) is 0.742. The van der Waals surface area contributed by atoms with Gasteiger partial charge >= 0.3 is 18.9 Å². The molecule has 17 heavy (non-hydrogen) atoms. The zero-order valence-electron chi connectivity index (χ0n) is 13.2. The summed E-state index contributed by atoms with van der Waals surface area (Å²) in [6.07, 6.45) is 7.39. The molecule has 0 bridgehead atoms. The number of hydrogen-bond acceptors (Lipinski definition) is 2. The van der Waals surface area contributed by atoms with Crippen molar-refractivity contribution in [2.75, 3.05) is 20.5 Å². The van der Waals surface area contributed by atoms with Crippen molar-refractivity contribution in [3.8, 4) is 0 Å². The normalized spacial score (nSPS) is 8.12. The van der Waals surface area contributed by atoms with Gasteiger partial charge in [0, 0.05) is 13.7 Å². The van der Waals surface area contributed by atoms with Gasteiger partial charge in [-0.2, -0.15) is 6.42 Å². The Morgan fingerprint density at radius 3 is 1.53 bits per heavy atom. The summed E-state index contributed by atoms with van der Waals surface area (Å²) in [7, 11) is 1.63. The van der Waals surface area contributed by atoms with Crippen molar-refractivity contribution in [3.05, 3.63) is 6.92 Å². The Balaban J connectivity index is -0.0000000815. The van der Waals surface area contributed by atoms with E-state index < -0.39 is 0 Å². The van der Waals surface area contributed by atoms with Crippen molar-refractivity contribution >= 4 is 0 Å². The summed E-state index contributed by atoms with van der Waals surface area (Å²) in [6.45, 7) is 13.3. The third-order valence-electron chi connectivity index (χ3n) is 1.55. The Bertz CT molecular complexity index is 72.6. The number of rotatable bonds is 7. The second-order valence-electron chi connectivity index (χ2n) is 3.52. The van der Waals surface area contributed by atoms with E-state index in [9.17, 15) is 0 Å². The maximum Gasteiger partial charge on any atom is 1.00 e. The number of ether oxygens (including phenoxy) is 2. The summed E-state index contributed by atoms with van der Waals surface area (Å²) >= 11 is 0. The molecule has 0 aliphatic carbocycles. The Kier molecular flexibility index (Phi) is 55.3. The quantitative estimate of drug-likeness (QED) is 0.292. The fourth-order valence-corrected chi connectivity index (χ4v) is 0.742. The van der Waals surface area contributed by atoms with Crippen molar-refractivity contribution in [1.82, 2.24) is 0 Å². The van der Waals surface area contributed by atoms with Gasteiger partial charge in [0.25, 0.3) is 0 Å². The molecule has 102 valence electrons. The van der Waals surface area contributed by atoms with Crippen molar-refractivity contribution in [1.29, 1.82) is 0 Å². The smallest absolute Gasteiger partial charge is 0.359 e. The Morgan fingerprint density at radius 1 is 0.882 bits per heavy atom. The molecule has 0 amide bonds. The summed E-state index contributed by atoms with van der Waals surface area (Å²) in [5.74, 6) is 0. The average Bonchev–Trinajstić information content (AvgIpc) is 2.28. The molecule has 0 aromatic heterocycles. The molecule has 0 fully saturated rings. The van der Waals surface area contributed by atoms with E-state index in [1.54, 1.807) is 7.11 Å². The van der Waals surface area contributed by atoms with E-state index in [2.05, 4.69) is 32.4 Å². The van der Waals surface area contributed by atoms with Crippen LogP contribution in [0, 0.1) is 6.92 Å². The monoisotopic (exact) mass is 240 g/mol. The Hall–Kier alpha value is 0.517. The predicted molar refractivity (Wildman–Crippen MR) is 73.6 cm³/mol. The minimum Gasteiger partial charge on any atom is -0.359 e. The molecule has 0 aromatic rings. The van der Waals surface area contributed by atoms with Gasteiger partial charge < -0.3 is 16.4 Å². The number of methoxy groups -OCH3 is 1. The van der Waals surface area contributed by atoms with Crippen LogP contribution in [0.25, 0.3) is 0 Å². The maximum absolute atomic E-state index is 5.00. The molecule has 0 unspecified atom stereocenters. The number of unbranched alkanes of at least 4 members (excludes halogenated alkanes) is 3. The first kappa shape index (κ1) is 26.2. The zero-order valence-corrected chi connectivity index (χ0v) is 13.2. The van der Waals surface area contributed by atoms with Crippen LogP contribution in [0.15, 0.2) is 0 Å². The second-order valence-corrected chi connectivity index (χ2v) is 3.52. The molecule has 0 aromatic carbocycles. The van der Waals surface area contributed by atoms with Crippen molar-refractivity contribution < 1.29 is 28.3 Å². The molecule has 2 nitrogen and oxygen atoms in total. The van der Waals surface area contributed by atoms with Gasteiger partial charge in [-0.1, -0.05) is 53.4 Å². The van der Waals surface area contributed by atoms with Crippen molar-refractivity contribution in [2.24, 2.45) is 0 Å². The maximum atomic E-state index is 5.00. The van der Waals surface area contributed by atoms with Crippen LogP contribution in [0.5, 0.6) is 0 Å². The van der Waals surface area contributed by atoms with E-state index in [0.717, 1.165) is 19.4 Å². The fraction of sp³-hybridized carbons (Fsp3) is 0.929. The molecule has 0 rings (SSSR count). The first-order valence-electron chi connectivity index (χ1n) is 6.60. The minimum atomic E-state index is 0. The van der Waals surface area contributed by atoms with Gasteiger partial charge in [-0.15, -0.1) is 0 Å². The van der Waals surface area contributed by atoms with Crippen LogP contribution in [0.3, 0.4) is 0 Å². The van der Waals surface area contributed by atoms with Crippen molar-refractivity contribution in [3.63, 3.8) is 0 Å². The Morgan fingerprint density at radius 2 is 1.29 bits per heavy atom. The largest absolute Gasteiger partial charge is 1.00 e. The topological polar surface area (TPSA) is 18.5 Å². The summed E-state index contributed by atoms with van der Waals surface area (Å²) < 4.78 is 9.67. The molecule has 0 saturated heterocycles. The molecule has 0 heterocycles. The van der Waals surface area contributed by atoms with Crippen molar-refractivity contribution in [2.45, 2.75) is 66.2 Å². The van der Waals surface area contributed by atoms with Crippen LogP contribution in [-0.2, 0) is 9.47 Å². The molecular weight excluding hydrogens is 207 g/mol. The predicted octanol–water partition coefficient (Wildman–Crippen LogP) is 1.84. The molecular formula is C14H33LiO2. The van der Waals surface area contributed by atoms with E-state index >= 15 is 0 Å². The van der Waals surface area contributed by atoms with Gasteiger partial charge in [0.05, 0.1) is 0 Å². The molecule has 3 heteroatoms. The molecule has 0 N–H and O–H groups in total. The van der Waals surface area contributed by atoms with Gasteiger partial charge in [-0.3, -0.25) is 0 Å². The van der Waals surface area contributed by atoms with Crippen LogP contribution < -0.4 is 18.9 Å². The molecule has 0 spiro atoms. The third kappa shape index (κ3) is 61.6. The van der Waals surface area contributed by atoms with E-state index in [1.807, 2.05) is 6.92 Å². The second kappa shape index (κ2) is 36.0. The SMILES string of the molecule is CCCCC.CCCCOCOC.[CH2-]CC.[Li+]. The summed E-state index contributed by atoms with van der Waals surface area (Å²) in [6, 6.07) is 0. The first-order valence-corrected chi connectivity index (χ1v) is 6.60. The van der Waals surface area contributed by atoms with E-state index in [4.69, 9.17) is 4.74 Å². The minimum absolute atomic E-state index is 0. The van der Waals surface area contributed by atoms with Crippen LogP contribution in [0.1, 0.15) is 66.2 Å². The van der Waals surface area contributed by atoms with Gasteiger partial charge in [0.15, 0.2) is 0 Å². The zero-order chi connectivity index (χ0) is 13.1. The standard InChI is InChI=1S/C6H14O2.C5H12.C3H7.Li/c1-3-4-5-8-6-7-2;1-3-5-4-2;1-3-2;/h3-6H2,1-2H3;3-5H2,1-2H3;1,3H2,2H3;/q;;-1;+1. The molecule has 0 atom stereocenters. The summed E-state index contributed by atoms with van der Waals surface area (Å²) in [4.78, 5) is 0.